The highest BCUT2D eigenvalue weighted by molar-refractivity contribution is 5.25. The second kappa shape index (κ2) is 5.46. The summed E-state index contributed by atoms with van der Waals surface area (Å²) < 4.78 is 5.26. The number of rotatable bonds is 3. The van der Waals surface area contributed by atoms with E-state index in [-0.39, 0.29) is 0 Å². The van der Waals surface area contributed by atoms with Crippen molar-refractivity contribution < 1.29 is 4.74 Å². The first-order chi connectivity index (χ1) is 7.79. The lowest BCUT2D eigenvalue weighted by Crippen LogP contribution is -2.33. The average Bonchev–Trinajstić information content (AvgIpc) is 2.30. The van der Waals surface area contributed by atoms with Gasteiger partial charge in [0.25, 0.3) is 0 Å². The van der Waals surface area contributed by atoms with E-state index in [9.17, 15) is 0 Å². The molecule has 2 unspecified atom stereocenters. The molecule has 1 heterocycles. The Balaban J connectivity index is 2.03. The lowest BCUT2D eigenvalue weighted by Gasteiger charge is -2.30. The van der Waals surface area contributed by atoms with E-state index in [0.717, 1.165) is 13.2 Å². The minimum absolute atomic E-state index is 0.508. The van der Waals surface area contributed by atoms with E-state index in [1.165, 1.54) is 24.0 Å². The maximum Gasteiger partial charge on any atom is 0.0491 e. The molecule has 1 aliphatic heterocycles. The highest BCUT2D eigenvalue weighted by atomic mass is 16.5. The maximum atomic E-state index is 5.26. The van der Waals surface area contributed by atoms with Gasteiger partial charge in [0.1, 0.15) is 0 Å². The lowest BCUT2D eigenvalue weighted by molar-refractivity contribution is 0.124. The number of hydrogen-bond acceptors (Lipinski definition) is 2. The van der Waals surface area contributed by atoms with E-state index in [2.05, 4.69) is 36.5 Å². The van der Waals surface area contributed by atoms with Crippen LogP contribution in [0.2, 0.25) is 0 Å². The summed E-state index contributed by atoms with van der Waals surface area (Å²) in [5.74, 6) is 0.705. The van der Waals surface area contributed by atoms with Crippen molar-refractivity contribution in [3.05, 3.63) is 35.4 Å². The highest BCUT2D eigenvalue weighted by Gasteiger charge is 2.22. The summed E-state index contributed by atoms with van der Waals surface area (Å²) in [6.45, 7) is 4.15. The van der Waals surface area contributed by atoms with Crippen LogP contribution in [-0.2, 0) is 4.74 Å². The van der Waals surface area contributed by atoms with Crippen molar-refractivity contribution in [3.63, 3.8) is 0 Å². The van der Waals surface area contributed by atoms with Gasteiger partial charge in [0, 0.05) is 19.8 Å². The zero-order valence-electron chi connectivity index (χ0n) is 10.2. The largest absolute Gasteiger partial charge is 0.384 e. The first kappa shape index (κ1) is 11.6. The molecule has 16 heavy (non-hydrogen) atoms. The second-order valence-corrected chi connectivity index (χ2v) is 4.77. The molecule has 0 radical (unpaired) electrons. The van der Waals surface area contributed by atoms with Gasteiger partial charge in [0.05, 0.1) is 0 Å². The van der Waals surface area contributed by atoms with Crippen LogP contribution in [0.1, 0.15) is 30.0 Å². The third kappa shape index (κ3) is 2.83. The average molecular weight is 219 g/mol. The molecule has 2 rings (SSSR count). The Morgan fingerprint density at radius 1 is 1.44 bits per heavy atom. The molecular formula is C14H21NO. The monoisotopic (exact) mass is 219 g/mol. The van der Waals surface area contributed by atoms with Gasteiger partial charge in [-0.05, 0) is 37.8 Å². The molecule has 1 N–H and O–H groups in total. The van der Waals surface area contributed by atoms with Gasteiger partial charge in [-0.25, -0.2) is 0 Å². The molecule has 2 nitrogen and oxygen atoms in total. The molecule has 0 saturated carbocycles. The maximum absolute atomic E-state index is 5.26. The molecule has 0 aliphatic carbocycles. The molecule has 1 fully saturated rings. The number of ether oxygens (including phenoxy) is 1. The van der Waals surface area contributed by atoms with Gasteiger partial charge in [0.15, 0.2) is 0 Å². The molecule has 88 valence electrons. The second-order valence-electron chi connectivity index (χ2n) is 4.77. The summed E-state index contributed by atoms with van der Waals surface area (Å²) in [5.41, 5.74) is 2.76. The van der Waals surface area contributed by atoms with Crippen LogP contribution in [0, 0.1) is 12.8 Å². The smallest absolute Gasteiger partial charge is 0.0491 e. The van der Waals surface area contributed by atoms with Crippen molar-refractivity contribution in [1.29, 1.82) is 0 Å². The molecule has 2 heteroatoms. The highest BCUT2D eigenvalue weighted by Crippen LogP contribution is 2.27. The number of hydrogen-bond donors (Lipinski definition) is 1. The summed E-state index contributed by atoms with van der Waals surface area (Å²) in [6.07, 6.45) is 2.42. The Hall–Kier alpha value is -0.860. The lowest BCUT2D eigenvalue weighted by atomic mass is 9.89. The van der Waals surface area contributed by atoms with Gasteiger partial charge < -0.3 is 10.1 Å². The zero-order chi connectivity index (χ0) is 11.4. The molecule has 2 atom stereocenters. The number of benzene rings is 1. The van der Waals surface area contributed by atoms with Crippen LogP contribution in [0.4, 0.5) is 0 Å². The normalized spacial score (nSPS) is 25.6. The van der Waals surface area contributed by atoms with Crippen LogP contribution in [0.3, 0.4) is 0 Å². The predicted octanol–water partition coefficient (Wildman–Crippen LogP) is 2.68. The number of nitrogens with one attached hydrogen (secondary N) is 1. The van der Waals surface area contributed by atoms with Crippen LogP contribution in [0.25, 0.3) is 0 Å². The fourth-order valence-corrected chi connectivity index (χ4v) is 2.52. The summed E-state index contributed by atoms with van der Waals surface area (Å²) >= 11 is 0. The number of methoxy groups -OCH3 is 1. The third-order valence-electron chi connectivity index (χ3n) is 3.36. The standard InChI is InChI=1S/C14H21NO/c1-11-4-3-5-13(8-11)14-9-12(10-16-2)6-7-15-14/h3-5,8,12,14-15H,6-7,9-10H2,1-2H3. The van der Waals surface area contributed by atoms with Crippen LogP contribution in [0.5, 0.6) is 0 Å². The summed E-state index contributed by atoms with van der Waals surface area (Å²) in [4.78, 5) is 0. The zero-order valence-corrected chi connectivity index (χ0v) is 10.2. The van der Waals surface area contributed by atoms with Gasteiger partial charge in [-0.15, -0.1) is 0 Å². The van der Waals surface area contributed by atoms with Crippen molar-refractivity contribution >= 4 is 0 Å². The SMILES string of the molecule is COCC1CCNC(c2cccc(C)c2)C1. The van der Waals surface area contributed by atoms with Crippen molar-refractivity contribution in [2.75, 3.05) is 20.3 Å². The number of piperidine rings is 1. The predicted molar refractivity (Wildman–Crippen MR) is 66.5 cm³/mol. The topological polar surface area (TPSA) is 21.3 Å². The van der Waals surface area contributed by atoms with Crippen molar-refractivity contribution in [2.45, 2.75) is 25.8 Å². The molecule has 0 aromatic heterocycles. The summed E-state index contributed by atoms with van der Waals surface area (Å²) in [6, 6.07) is 9.31. The molecule has 0 spiro atoms. The Labute approximate surface area is 98.0 Å². The van der Waals surface area contributed by atoms with Gasteiger partial charge in [-0.2, -0.15) is 0 Å². The molecule has 0 amide bonds. The van der Waals surface area contributed by atoms with Crippen molar-refractivity contribution in [3.8, 4) is 0 Å². The fourth-order valence-electron chi connectivity index (χ4n) is 2.52. The van der Waals surface area contributed by atoms with Gasteiger partial charge in [-0.3, -0.25) is 0 Å². The van der Waals surface area contributed by atoms with Crippen LogP contribution >= 0.6 is 0 Å². The van der Waals surface area contributed by atoms with Gasteiger partial charge in [-0.1, -0.05) is 29.8 Å². The van der Waals surface area contributed by atoms with Crippen LogP contribution in [0.15, 0.2) is 24.3 Å². The quantitative estimate of drug-likeness (QED) is 0.844. The van der Waals surface area contributed by atoms with E-state index >= 15 is 0 Å². The molecule has 1 aromatic rings. The van der Waals surface area contributed by atoms with Gasteiger partial charge in [0.2, 0.25) is 0 Å². The van der Waals surface area contributed by atoms with Crippen molar-refractivity contribution in [1.82, 2.24) is 5.32 Å². The fraction of sp³-hybridized carbons (Fsp3) is 0.571. The Morgan fingerprint density at radius 3 is 3.06 bits per heavy atom. The van der Waals surface area contributed by atoms with Crippen molar-refractivity contribution in [2.24, 2.45) is 5.92 Å². The van der Waals surface area contributed by atoms with Crippen LogP contribution in [-0.4, -0.2) is 20.3 Å². The van der Waals surface area contributed by atoms with E-state index in [4.69, 9.17) is 4.74 Å². The first-order valence-electron chi connectivity index (χ1n) is 6.08. The molecule has 1 saturated heterocycles. The molecule has 0 bridgehead atoms. The summed E-state index contributed by atoms with van der Waals surface area (Å²) in [7, 11) is 1.80. The molecular weight excluding hydrogens is 198 g/mol. The first-order valence-corrected chi connectivity index (χ1v) is 6.08. The third-order valence-corrected chi connectivity index (χ3v) is 3.36. The molecule has 1 aliphatic rings. The van der Waals surface area contributed by atoms with E-state index < -0.39 is 0 Å². The summed E-state index contributed by atoms with van der Waals surface area (Å²) in [5, 5.41) is 3.60. The minimum atomic E-state index is 0.508. The Kier molecular flexibility index (Phi) is 3.97. The number of aryl methyl sites for hydroxylation is 1. The van der Waals surface area contributed by atoms with Gasteiger partial charge >= 0.3 is 0 Å². The molecule has 1 aromatic carbocycles. The minimum Gasteiger partial charge on any atom is -0.384 e. The Morgan fingerprint density at radius 2 is 2.31 bits per heavy atom. The van der Waals surface area contributed by atoms with E-state index in [0.29, 0.717) is 12.0 Å². The Bertz CT molecular complexity index is 335. The van der Waals surface area contributed by atoms with E-state index in [1.807, 2.05) is 0 Å². The van der Waals surface area contributed by atoms with Crippen LogP contribution < -0.4 is 5.32 Å². The van der Waals surface area contributed by atoms with E-state index in [1.54, 1.807) is 7.11 Å².